The molecule has 0 bridgehead atoms. The molecule has 1 atom stereocenters. The van der Waals surface area contributed by atoms with Gasteiger partial charge in [-0.05, 0) is 20.3 Å². The molecule has 7 heteroatoms. The molecule has 2 N–H and O–H groups in total. The number of rotatable bonds is 20. The molecule has 7 nitrogen and oxygen atoms in total. The number of carbonyl (C=O) groups is 4. The minimum Gasteiger partial charge on any atom is -0.391 e. The summed E-state index contributed by atoms with van der Waals surface area (Å²) < 4.78 is 4.49. The van der Waals surface area contributed by atoms with Crippen LogP contribution in [-0.2, 0) is 23.9 Å². The fourth-order valence-corrected chi connectivity index (χ4v) is 3.66. The Hall–Kier alpha value is -1.60. The zero-order valence-electron chi connectivity index (χ0n) is 20.3. The summed E-state index contributed by atoms with van der Waals surface area (Å²) in [5.74, 6) is -4.53. The van der Waals surface area contributed by atoms with Crippen molar-refractivity contribution in [3.8, 4) is 0 Å². The fraction of sp³-hybridized carbons (Fsp3) is 0.840. The van der Waals surface area contributed by atoms with E-state index < -0.39 is 35.2 Å². The molecule has 1 unspecified atom stereocenters. The maximum atomic E-state index is 11.8. The molecule has 0 aromatic rings. The van der Waals surface area contributed by atoms with Gasteiger partial charge in [-0.2, -0.15) is 0 Å². The molecule has 0 saturated heterocycles. The van der Waals surface area contributed by atoms with Crippen molar-refractivity contribution in [1.82, 2.24) is 0 Å². The SMILES string of the molecule is CCCCCCCCCCCCCCCCCC(=O)OC(=O)C(O)C(O)(C(C)=O)C(C)=O. The topological polar surface area (TPSA) is 118 Å². The second-order valence-corrected chi connectivity index (χ2v) is 8.77. The number of aliphatic hydroxyl groups is 2. The minimum absolute atomic E-state index is 0.00468. The van der Waals surface area contributed by atoms with Crippen molar-refractivity contribution in [3.63, 3.8) is 0 Å². The first-order valence-corrected chi connectivity index (χ1v) is 12.3. The molecule has 32 heavy (non-hydrogen) atoms. The highest BCUT2D eigenvalue weighted by atomic mass is 16.6. The van der Waals surface area contributed by atoms with Gasteiger partial charge < -0.3 is 14.9 Å². The third-order valence-electron chi connectivity index (χ3n) is 5.89. The van der Waals surface area contributed by atoms with E-state index in [1.165, 1.54) is 70.6 Å². The first kappa shape index (κ1) is 30.4. The van der Waals surface area contributed by atoms with E-state index in [9.17, 15) is 29.4 Å². The minimum atomic E-state index is -2.90. The average Bonchev–Trinajstić information content (AvgIpc) is 2.74. The molecular weight excluding hydrogens is 412 g/mol. The summed E-state index contributed by atoms with van der Waals surface area (Å²) in [5, 5.41) is 19.8. The maximum Gasteiger partial charge on any atom is 0.346 e. The van der Waals surface area contributed by atoms with Crippen molar-refractivity contribution in [2.45, 2.75) is 135 Å². The van der Waals surface area contributed by atoms with Crippen LogP contribution in [0, 0.1) is 0 Å². The highest BCUT2D eigenvalue weighted by molar-refractivity contribution is 6.12. The van der Waals surface area contributed by atoms with Gasteiger partial charge in [0.15, 0.2) is 17.7 Å². The molecule has 0 heterocycles. The number of carbonyl (C=O) groups excluding carboxylic acids is 4. The van der Waals surface area contributed by atoms with E-state index in [0.29, 0.717) is 6.42 Å². The summed E-state index contributed by atoms with van der Waals surface area (Å²) in [6, 6.07) is 0. The van der Waals surface area contributed by atoms with E-state index in [2.05, 4.69) is 11.7 Å². The van der Waals surface area contributed by atoms with Gasteiger partial charge in [-0.1, -0.05) is 96.8 Å². The quantitative estimate of drug-likeness (QED) is 0.156. The van der Waals surface area contributed by atoms with Crippen LogP contribution in [0.3, 0.4) is 0 Å². The number of hydrogen-bond donors (Lipinski definition) is 2. The lowest BCUT2D eigenvalue weighted by atomic mass is 9.88. The molecule has 0 aromatic heterocycles. The maximum absolute atomic E-state index is 11.8. The van der Waals surface area contributed by atoms with Crippen LogP contribution in [0.5, 0.6) is 0 Å². The summed E-state index contributed by atoms with van der Waals surface area (Å²) in [5.41, 5.74) is -2.90. The summed E-state index contributed by atoms with van der Waals surface area (Å²) >= 11 is 0. The van der Waals surface area contributed by atoms with Crippen LogP contribution >= 0.6 is 0 Å². The molecule has 0 fully saturated rings. The Balaban J connectivity index is 3.75. The van der Waals surface area contributed by atoms with Crippen molar-refractivity contribution in [1.29, 1.82) is 0 Å². The Morgan fingerprint density at radius 2 is 1.03 bits per heavy atom. The summed E-state index contributed by atoms with van der Waals surface area (Å²) in [4.78, 5) is 46.5. The lowest BCUT2D eigenvalue weighted by Gasteiger charge is -2.25. The molecule has 0 aliphatic heterocycles. The first-order valence-electron chi connectivity index (χ1n) is 12.3. The lowest BCUT2D eigenvalue weighted by Crippen LogP contribution is -2.57. The van der Waals surface area contributed by atoms with Crippen molar-refractivity contribution in [3.05, 3.63) is 0 Å². The zero-order valence-corrected chi connectivity index (χ0v) is 20.3. The largest absolute Gasteiger partial charge is 0.391 e. The molecule has 0 radical (unpaired) electrons. The van der Waals surface area contributed by atoms with Gasteiger partial charge in [0.2, 0.25) is 5.60 Å². The highest BCUT2D eigenvalue weighted by Crippen LogP contribution is 2.17. The highest BCUT2D eigenvalue weighted by Gasteiger charge is 2.50. The Morgan fingerprint density at radius 3 is 1.38 bits per heavy atom. The molecule has 0 amide bonds. The molecule has 0 aliphatic rings. The molecule has 0 aliphatic carbocycles. The smallest absolute Gasteiger partial charge is 0.346 e. The number of hydrogen-bond acceptors (Lipinski definition) is 7. The van der Waals surface area contributed by atoms with Crippen LogP contribution in [0.1, 0.15) is 124 Å². The van der Waals surface area contributed by atoms with E-state index in [-0.39, 0.29) is 6.42 Å². The first-order chi connectivity index (χ1) is 15.2. The second kappa shape index (κ2) is 17.9. The lowest BCUT2D eigenvalue weighted by molar-refractivity contribution is -0.182. The Morgan fingerprint density at radius 1 is 0.688 bits per heavy atom. The normalized spacial score (nSPS) is 12.4. The third kappa shape index (κ3) is 12.4. The van der Waals surface area contributed by atoms with Gasteiger partial charge in [-0.3, -0.25) is 14.4 Å². The standard InChI is InChI=1S/C25H44O7/c1-4-5-6-7-8-9-10-11-12-13-14-15-16-17-18-19-22(28)32-24(30)23(29)25(31,20(2)26)21(3)27/h23,29,31H,4-19H2,1-3H3. The van der Waals surface area contributed by atoms with Gasteiger partial charge in [0.25, 0.3) is 0 Å². The van der Waals surface area contributed by atoms with Gasteiger partial charge in [-0.15, -0.1) is 0 Å². The zero-order chi connectivity index (χ0) is 24.4. The summed E-state index contributed by atoms with van der Waals surface area (Å²) in [6.07, 6.45) is 15.5. The summed E-state index contributed by atoms with van der Waals surface area (Å²) in [7, 11) is 0. The molecule has 0 aromatic carbocycles. The van der Waals surface area contributed by atoms with Crippen LogP contribution in [0.15, 0.2) is 0 Å². The predicted molar refractivity (Wildman–Crippen MR) is 123 cm³/mol. The summed E-state index contributed by atoms with van der Waals surface area (Å²) in [6.45, 7) is 3.98. The van der Waals surface area contributed by atoms with Crippen molar-refractivity contribution >= 4 is 23.5 Å². The molecule has 0 rings (SSSR count). The Bertz CT molecular complexity index is 557. The number of unbranched alkanes of at least 4 members (excludes halogenated alkanes) is 14. The number of aliphatic hydroxyl groups excluding tert-OH is 1. The number of ketones is 2. The Kier molecular flexibility index (Phi) is 17.0. The van der Waals surface area contributed by atoms with Crippen LogP contribution < -0.4 is 0 Å². The van der Waals surface area contributed by atoms with Crippen molar-refractivity contribution in [2.75, 3.05) is 0 Å². The molecule has 0 spiro atoms. The van der Waals surface area contributed by atoms with Crippen molar-refractivity contribution in [2.24, 2.45) is 0 Å². The average molecular weight is 457 g/mol. The van der Waals surface area contributed by atoms with E-state index in [4.69, 9.17) is 0 Å². The van der Waals surface area contributed by atoms with Gasteiger partial charge in [0, 0.05) is 6.42 Å². The number of ether oxygens (including phenoxy) is 1. The Labute approximate surface area is 193 Å². The fourth-order valence-electron chi connectivity index (χ4n) is 3.66. The van der Waals surface area contributed by atoms with Gasteiger partial charge >= 0.3 is 11.9 Å². The van der Waals surface area contributed by atoms with Crippen LogP contribution in [0.25, 0.3) is 0 Å². The second-order valence-electron chi connectivity index (χ2n) is 8.77. The molecular formula is C25H44O7. The molecule has 186 valence electrons. The third-order valence-corrected chi connectivity index (χ3v) is 5.89. The van der Waals surface area contributed by atoms with E-state index >= 15 is 0 Å². The van der Waals surface area contributed by atoms with Crippen LogP contribution in [-0.4, -0.2) is 45.4 Å². The van der Waals surface area contributed by atoms with E-state index in [0.717, 1.165) is 33.1 Å². The van der Waals surface area contributed by atoms with E-state index in [1.54, 1.807) is 0 Å². The van der Waals surface area contributed by atoms with Crippen molar-refractivity contribution < 1.29 is 34.1 Å². The van der Waals surface area contributed by atoms with Gasteiger partial charge in [0.1, 0.15) is 0 Å². The van der Waals surface area contributed by atoms with Gasteiger partial charge in [0.05, 0.1) is 0 Å². The number of Topliss-reactive ketones (excluding diaryl/α,β-unsaturated/α-hetero) is 2. The monoisotopic (exact) mass is 456 g/mol. The molecule has 0 saturated carbocycles. The van der Waals surface area contributed by atoms with Gasteiger partial charge in [-0.25, -0.2) is 4.79 Å². The predicted octanol–water partition coefficient (Wildman–Crippen LogP) is 4.59. The van der Waals surface area contributed by atoms with E-state index in [1.807, 2.05) is 0 Å². The van der Waals surface area contributed by atoms with Crippen LogP contribution in [0.2, 0.25) is 0 Å². The number of esters is 2. The van der Waals surface area contributed by atoms with Crippen LogP contribution in [0.4, 0.5) is 0 Å².